The first kappa shape index (κ1) is 12.3. The smallest absolute Gasteiger partial charge is 0.128 e. The zero-order valence-corrected chi connectivity index (χ0v) is 10.9. The fraction of sp³-hybridized carbons (Fsp3) is 0.250. The van der Waals surface area contributed by atoms with Crippen LogP contribution in [-0.2, 0) is 0 Å². The van der Waals surface area contributed by atoms with E-state index in [9.17, 15) is 4.39 Å². The summed E-state index contributed by atoms with van der Waals surface area (Å²) in [6, 6.07) is 6.09. The lowest BCUT2D eigenvalue weighted by Crippen LogP contribution is -2.31. The quantitative estimate of drug-likeness (QED) is 0.947. The number of halogens is 2. The lowest BCUT2D eigenvalue weighted by Gasteiger charge is -2.22. The van der Waals surface area contributed by atoms with Gasteiger partial charge in [-0.05, 0) is 28.9 Å². The number of rotatable bonds is 3. The largest absolute Gasteiger partial charge is 0.326 e. The number of nitrogens with zero attached hydrogens (tertiary/aromatic N) is 2. The summed E-state index contributed by atoms with van der Waals surface area (Å²) < 4.78 is 16.3. The third kappa shape index (κ3) is 2.56. The van der Waals surface area contributed by atoms with Gasteiger partial charge in [0.15, 0.2) is 0 Å². The van der Waals surface area contributed by atoms with Crippen LogP contribution in [0.4, 0.5) is 4.39 Å². The molecule has 17 heavy (non-hydrogen) atoms. The molecule has 2 atom stereocenters. The summed E-state index contributed by atoms with van der Waals surface area (Å²) in [7, 11) is 0. The van der Waals surface area contributed by atoms with Crippen molar-refractivity contribution in [2.24, 2.45) is 5.73 Å². The number of hydrogen-bond donors (Lipinski definition) is 1. The van der Waals surface area contributed by atoms with E-state index in [1.165, 1.54) is 6.07 Å². The van der Waals surface area contributed by atoms with E-state index in [1.807, 2.05) is 6.92 Å². The Morgan fingerprint density at radius 1 is 1.41 bits per heavy atom. The fourth-order valence-electron chi connectivity index (χ4n) is 1.85. The molecule has 0 spiro atoms. The summed E-state index contributed by atoms with van der Waals surface area (Å²) in [6.07, 6.45) is 3.46. The molecular weight excluding hydrogens is 285 g/mol. The van der Waals surface area contributed by atoms with Crippen LogP contribution in [0.5, 0.6) is 0 Å². The van der Waals surface area contributed by atoms with Crippen molar-refractivity contribution in [2.75, 3.05) is 0 Å². The minimum Gasteiger partial charge on any atom is -0.326 e. The summed E-state index contributed by atoms with van der Waals surface area (Å²) in [4.78, 5) is 0. The maximum atomic E-state index is 13.8. The number of benzene rings is 1. The third-order valence-electron chi connectivity index (χ3n) is 2.58. The molecule has 0 aliphatic heterocycles. The van der Waals surface area contributed by atoms with Gasteiger partial charge in [-0.2, -0.15) is 5.10 Å². The van der Waals surface area contributed by atoms with E-state index in [-0.39, 0.29) is 17.9 Å². The maximum absolute atomic E-state index is 13.8. The average Bonchev–Trinajstić information content (AvgIpc) is 2.68. The second-order valence-electron chi connectivity index (χ2n) is 3.96. The van der Waals surface area contributed by atoms with Gasteiger partial charge >= 0.3 is 0 Å². The van der Waals surface area contributed by atoms with Gasteiger partial charge in [-0.1, -0.05) is 18.2 Å². The summed E-state index contributed by atoms with van der Waals surface area (Å²) in [6.45, 7) is 1.84. The molecule has 2 unspecified atom stereocenters. The molecule has 0 aliphatic rings. The highest BCUT2D eigenvalue weighted by atomic mass is 79.9. The molecule has 0 radical (unpaired) electrons. The molecule has 3 nitrogen and oxygen atoms in total. The van der Waals surface area contributed by atoms with E-state index in [0.29, 0.717) is 5.56 Å². The Labute approximate surface area is 108 Å². The van der Waals surface area contributed by atoms with Gasteiger partial charge in [-0.25, -0.2) is 4.39 Å². The Kier molecular flexibility index (Phi) is 3.59. The van der Waals surface area contributed by atoms with E-state index >= 15 is 0 Å². The fourth-order valence-corrected chi connectivity index (χ4v) is 2.15. The van der Waals surface area contributed by atoms with Gasteiger partial charge in [0.05, 0.1) is 16.7 Å². The number of aromatic nitrogens is 2. The van der Waals surface area contributed by atoms with Gasteiger partial charge in [0.25, 0.3) is 0 Å². The van der Waals surface area contributed by atoms with Gasteiger partial charge in [0.2, 0.25) is 0 Å². The van der Waals surface area contributed by atoms with Crippen molar-refractivity contribution in [1.29, 1.82) is 0 Å². The lowest BCUT2D eigenvalue weighted by molar-refractivity contribution is 0.434. The Morgan fingerprint density at radius 3 is 2.65 bits per heavy atom. The topological polar surface area (TPSA) is 43.8 Å². The molecule has 2 rings (SSSR count). The van der Waals surface area contributed by atoms with E-state index in [2.05, 4.69) is 21.0 Å². The normalized spacial score (nSPS) is 14.6. The Hall–Kier alpha value is -1.20. The summed E-state index contributed by atoms with van der Waals surface area (Å²) in [5.74, 6) is -0.263. The summed E-state index contributed by atoms with van der Waals surface area (Å²) in [5, 5.41) is 4.18. The highest BCUT2D eigenvalue weighted by Crippen LogP contribution is 2.24. The van der Waals surface area contributed by atoms with Gasteiger partial charge in [0.1, 0.15) is 5.82 Å². The zero-order chi connectivity index (χ0) is 12.4. The van der Waals surface area contributed by atoms with Crippen molar-refractivity contribution in [3.63, 3.8) is 0 Å². The van der Waals surface area contributed by atoms with Crippen molar-refractivity contribution >= 4 is 15.9 Å². The minimum absolute atomic E-state index is 0.237. The van der Waals surface area contributed by atoms with Crippen molar-refractivity contribution < 1.29 is 4.39 Å². The predicted molar refractivity (Wildman–Crippen MR) is 68.1 cm³/mol. The standard InChI is InChI=1S/C12H13BrFN3/c1-8(15)12(17-7-9(13)6-16-17)10-4-2-3-5-11(10)14/h2-8,12H,15H2,1H3. The maximum Gasteiger partial charge on any atom is 0.128 e. The molecule has 90 valence electrons. The van der Waals surface area contributed by atoms with Crippen LogP contribution in [-0.4, -0.2) is 15.8 Å². The van der Waals surface area contributed by atoms with Gasteiger partial charge in [-0.15, -0.1) is 0 Å². The molecule has 0 saturated carbocycles. The predicted octanol–water partition coefficient (Wildman–Crippen LogP) is 2.72. The third-order valence-corrected chi connectivity index (χ3v) is 2.99. The first-order valence-corrected chi connectivity index (χ1v) is 6.08. The summed E-state index contributed by atoms with van der Waals surface area (Å²) >= 11 is 3.32. The summed E-state index contributed by atoms with van der Waals surface area (Å²) in [5.41, 5.74) is 6.49. The van der Waals surface area contributed by atoms with Crippen LogP contribution in [0.2, 0.25) is 0 Å². The Bertz CT molecular complexity index is 510. The van der Waals surface area contributed by atoms with Gasteiger partial charge < -0.3 is 5.73 Å². The Morgan fingerprint density at radius 2 is 2.12 bits per heavy atom. The molecular formula is C12H13BrFN3. The van der Waals surface area contributed by atoms with E-state index < -0.39 is 0 Å². The van der Waals surface area contributed by atoms with Crippen LogP contribution in [0.25, 0.3) is 0 Å². The van der Waals surface area contributed by atoms with Crippen LogP contribution in [0.15, 0.2) is 41.1 Å². The van der Waals surface area contributed by atoms with E-state index in [4.69, 9.17) is 5.73 Å². The highest BCUT2D eigenvalue weighted by molar-refractivity contribution is 9.10. The molecule has 0 fully saturated rings. The number of nitrogens with two attached hydrogens (primary N) is 1. The van der Waals surface area contributed by atoms with Gasteiger partial charge in [-0.3, -0.25) is 4.68 Å². The Balaban J connectivity index is 2.47. The molecule has 0 saturated heterocycles. The van der Waals surface area contributed by atoms with E-state index in [0.717, 1.165) is 4.47 Å². The van der Waals surface area contributed by atoms with Gasteiger partial charge in [0, 0.05) is 17.8 Å². The van der Waals surface area contributed by atoms with Crippen LogP contribution in [0.1, 0.15) is 18.5 Å². The van der Waals surface area contributed by atoms with E-state index in [1.54, 1.807) is 35.3 Å². The molecule has 2 N–H and O–H groups in total. The van der Waals surface area contributed by atoms with Crippen molar-refractivity contribution in [3.8, 4) is 0 Å². The van der Waals surface area contributed by atoms with Crippen LogP contribution in [0, 0.1) is 5.82 Å². The molecule has 1 aromatic carbocycles. The molecule has 5 heteroatoms. The zero-order valence-electron chi connectivity index (χ0n) is 9.35. The second-order valence-corrected chi connectivity index (χ2v) is 4.88. The van der Waals surface area contributed by atoms with Crippen LogP contribution in [0.3, 0.4) is 0 Å². The number of hydrogen-bond acceptors (Lipinski definition) is 2. The first-order chi connectivity index (χ1) is 8.09. The lowest BCUT2D eigenvalue weighted by atomic mass is 10.0. The average molecular weight is 298 g/mol. The van der Waals surface area contributed by atoms with Crippen molar-refractivity contribution in [1.82, 2.24) is 9.78 Å². The molecule has 1 heterocycles. The minimum atomic E-state index is -0.303. The highest BCUT2D eigenvalue weighted by Gasteiger charge is 2.22. The SMILES string of the molecule is CC(N)C(c1ccccc1F)n1cc(Br)cn1. The van der Waals surface area contributed by atoms with Crippen molar-refractivity contribution in [3.05, 3.63) is 52.5 Å². The monoisotopic (exact) mass is 297 g/mol. The molecule has 2 aromatic rings. The molecule has 0 amide bonds. The second kappa shape index (κ2) is 4.98. The molecule has 0 bridgehead atoms. The molecule has 1 aromatic heterocycles. The van der Waals surface area contributed by atoms with Crippen molar-refractivity contribution in [2.45, 2.75) is 19.0 Å². The first-order valence-electron chi connectivity index (χ1n) is 5.29. The van der Waals surface area contributed by atoms with Crippen LogP contribution >= 0.6 is 15.9 Å². The molecule has 0 aliphatic carbocycles. The van der Waals surface area contributed by atoms with Crippen LogP contribution < -0.4 is 5.73 Å².